The van der Waals surface area contributed by atoms with E-state index in [1.807, 2.05) is 6.92 Å². The van der Waals surface area contributed by atoms with Gasteiger partial charge in [-0.25, -0.2) is 0 Å². The summed E-state index contributed by atoms with van der Waals surface area (Å²) in [6.45, 7) is 5.66. The average Bonchev–Trinajstić information content (AvgIpc) is 2.85. The van der Waals surface area contributed by atoms with Crippen molar-refractivity contribution in [2.24, 2.45) is 0 Å². The van der Waals surface area contributed by atoms with Gasteiger partial charge in [-0.1, -0.05) is 12.1 Å². The van der Waals surface area contributed by atoms with Crippen LogP contribution in [0.1, 0.15) is 44.2 Å². The monoisotopic (exact) mass is 351 g/mol. The Kier molecular flexibility index (Phi) is 5.08. The quantitative estimate of drug-likeness (QED) is 0.833. The molecule has 3 rings (SSSR count). The molecule has 1 aromatic heterocycles. The fraction of sp³-hybridized carbons (Fsp3) is 0.350. The van der Waals surface area contributed by atoms with Crippen LogP contribution >= 0.6 is 0 Å². The van der Waals surface area contributed by atoms with Gasteiger partial charge in [0.2, 0.25) is 0 Å². The van der Waals surface area contributed by atoms with Crippen molar-refractivity contribution in [3.8, 4) is 6.07 Å². The first-order chi connectivity index (χ1) is 12.5. The third-order valence-electron chi connectivity index (χ3n) is 4.62. The van der Waals surface area contributed by atoms with E-state index in [2.05, 4.69) is 6.07 Å². The summed E-state index contributed by atoms with van der Waals surface area (Å²) in [5, 5.41) is 9.21. The third-order valence-corrected chi connectivity index (χ3v) is 4.62. The highest BCUT2D eigenvalue weighted by Crippen LogP contribution is 2.18. The lowest BCUT2D eigenvalue weighted by atomic mass is 10.1. The minimum atomic E-state index is -0.160. The molecule has 6 heteroatoms. The van der Waals surface area contributed by atoms with Gasteiger partial charge in [-0.05, 0) is 38.5 Å². The van der Waals surface area contributed by atoms with Crippen molar-refractivity contribution in [2.75, 3.05) is 26.2 Å². The van der Waals surface area contributed by atoms with Crippen molar-refractivity contribution >= 4 is 11.8 Å². The second-order valence-corrected chi connectivity index (χ2v) is 6.42. The van der Waals surface area contributed by atoms with E-state index in [1.54, 1.807) is 47.1 Å². The largest absolute Gasteiger partial charge is 0.466 e. The molecule has 0 atom stereocenters. The maximum Gasteiger partial charge on any atom is 0.257 e. The summed E-state index contributed by atoms with van der Waals surface area (Å²) in [7, 11) is 0. The standard InChI is InChI=1S/C20H21N3O3/c1-14-12-18(15(2)26-14)20(25)23-9-5-8-22(10-11-23)19(24)17-7-4-3-6-16(17)13-21/h3-4,6-7,12H,5,8-11H2,1-2H3. The van der Waals surface area contributed by atoms with E-state index in [0.717, 1.165) is 0 Å². The van der Waals surface area contributed by atoms with E-state index in [0.29, 0.717) is 60.8 Å². The fourth-order valence-corrected chi connectivity index (χ4v) is 3.27. The summed E-state index contributed by atoms with van der Waals surface area (Å²) < 4.78 is 5.46. The van der Waals surface area contributed by atoms with Crippen molar-refractivity contribution in [1.82, 2.24) is 9.80 Å². The van der Waals surface area contributed by atoms with Crippen molar-refractivity contribution < 1.29 is 14.0 Å². The summed E-state index contributed by atoms with van der Waals surface area (Å²) in [5.74, 6) is 1.11. The topological polar surface area (TPSA) is 77.5 Å². The summed E-state index contributed by atoms with van der Waals surface area (Å²) in [6.07, 6.45) is 0.697. The normalized spacial score (nSPS) is 14.7. The number of aryl methyl sites for hydroxylation is 2. The number of nitrogens with zero attached hydrogens (tertiary/aromatic N) is 3. The molecule has 1 aliphatic heterocycles. The average molecular weight is 351 g/mol. The summed E-state index contributed by atoms with van der Waals surface area (Å²) >= 11 is 0. The molecular weight excluding hydrogens is 330 g/mol. The highest BCUT2D eigenvalue weighted by Gasteiger charge is 2.26. The molecule has 0 saturated carbocycles. The molecular formula is C20H21N3O3. The van der Waals surface area contributed by atoms with Crippen molar-refractivity contribution in [1.29, 1.82) is 5.26 Å². The Morgan fingerprint density at radius 3 is 2.19 bits per heavy atom. The van der Waals surface area contributed by atoms with Crippen LogP contribution in [0.5, 0.6) is 0 Å². The predicted molar refractivity (Wildman–Crippen MR) is 95.8 cm³/mol. The molecule has 6 nitrogen and oxygen atoms in total. The number of hydrogen-bond donors (Lipinski definition) is 0. The first kappa shape index (κ1) is 17.7. The van der Waals surface area contributed by atoms with E-state index < -0.39 is 0 Å². The molecule has 134 valence electrons. The van der Waals surface area contributed by atoms with Crippen LogP contribution in [0.15, 0.2) is 34.7 Å². The molecule has 1 aliphatic rings. The van der Waals surface area contributed by atoms with Gasteiger partial charge in [-0.2, -0.15) is 5.26 Å². The number of carbonyl (C=O) groups excluding carboxylic acids is 2. The Morgan fingerprint density at radius 2 is 1.62 bits per heavy atom. The van der Waals surface area contributed by atoms with Crippen molar-refractivity contribution in [3.05, 3.63) is 58.5 Å². The molecule has 2 amide bonds. The molecule has 0 radical (unpaired) electrons. The Hall–Kier alpha value is -3.07. The van der Waals surface area contributed by atoms with Gasteiger partial charge in [-0.3, -0.25) is 9.59 Å². The molecule has 0 unspecified atom stereocenters. The van der Waals surface area contributed by atoms with Crippen LogP contribution in [-0.2, 0) is 0 Å². The number of carbonyl (C=O) groups is 2. The van der Waals surface area contributed by atoms with Gasteiger partial charge >= 0.3 is 0 Å². The number of amides is 2. The molecule has 1 saturated heterocycles. The highest BCUT2D eigenvalue weighted by atomic mass is 16.3. The SMILES string of the molecule is Cc1cc(C(=O)N2CCCN(C(=O)c3ccccc3C#N)CC2)c(C)o1. The van der Waals surface area contributed by atoms with E-state index in [4.69, 9.17) is 4.42 Å². The second kappa shape index (κ2) is 7.44. The smallest absolute Gasteiger partial charge is 0.257 e. The summed E-state index contributed by atoms with van der Waals surface area (Å²) in [4.78, 5) is 29.0. The molecule has 0 spiro atoms. The molecule has 1 aromatic carbocycles. The minimum absolute atomic E-state index is 0.0638. The molecule has 2 heterocycles. The van der Waals surface area contributed by atoms with E-state index in [9.17, 15) is 14.9 Å². The molecule has 0 aliphatic carbocycles. The third kappa shape index (κ3) is 3.47. The lowest BCUT2D eigenvalue weighted by molar-refractivity contribution is 0.0717. The van der Waals surface area contributed by atoms with Crippen LogP contribution in [0.25, 0.3) is 0 Å². The molecule has 0 N–H and O–H groups in total. The number of benzene rings is 1. The Morgan fingerprint density at radius 1 is 1.00 bits per heavy atom. The summed E-state index contributed by atoms with van der Waals surface area (Å²) in [5.41, 5.74) is 1.37. The lowest BCUT2D eigenvalue weighted by Crippen LogP contribution is -2.37. The fourth-order valence-electron chi connectivity index (χ4n) is 3.27. The van der Waals surface area contributed by atoms with Gasteiger partial charge in [0.15, 0.2) is 0 Å². The number of hydrogen-bond acceptors (Lipinski definition) is 4. The van der Waals surface area contributed by atoms with Crippen LogP contribution in [0.3, 0.4) is 0 Å². The van der Waals surface area contributed by atoms with E-state index in [-0.39, 0.29) is 11.8 Å². The number of furan rings is 1. The van der Waals surface area contributed by atoms with Gasteiger partial charge in [0, 0.05) is 26.2 Å². The van der Waals surface area contributed by atoms with Gasteiger partial charge in [0.05, 0.1) is 22.8 Å². The van der Waals surface area contributed by atoms with Gasteiger partial charge in [0.1, 0.15) is 11.5 Å². The van der Waals surface area contributed by atoms with E-state index >= 15 is 0 Å². The number of rotatable bonds is 2. The van der Waals surface area contributed by atoms with Crippen molar-refractivity contribution in [3.63, 3.8) is 0 Å². The first-order valence-electron chi connectivity index (χ1n) is 8.66. The van der Waals surface area contributed by atoms with Crippen LogP contribution < -0.4 is 0 Å². The zero-order chi connectivity index (χ0) is 18.7. The Balaban J connectivity index is 1.72. The predicted octanol–water partition coefficient (Wildman–Crippen LogP) is 2.76. The van der Waals surface area contributed by atoms with Gasteiger partial charge in [0.25, 0.3) is 11.8 Å². The van der Waals surface area contributed by atoms with E-state index in [1.165, 1.54) is 0 Å². The second-order valence-electron chi connectivity index (χ2n) is 6.42. The van der Waals surface area contributed by atoms with Crippen LogP contribution in [-0.4, -0.2) is 47.8 Å². The highest BCUT2D eigenvalue weighted by molar-refractivity contribution is 5.97. The molecule has 26 heavy (non-hydrogen) atoms. The van der Waals surface area contributed by atoms with Crippen LogP contribution in [0.2, 0.25) is 0 Å². The maximum absolute atomic E-state index is 12.8. The summed E-state index contributed by atoms with van der Waals surface area (Å²) in [6, 6.07) is 10.6. The molecule has 1 fully saturated rings. The van der Waals surface area contributed by atoms with Crippen molar-refractivity contribution in [2.45, 2.75) is 20.3 Å². The van der Waals surface area contributed by atoms with Crippen LogP contribution in [0.4, 0.5) is 0 Å². The van der Waals surface area contributed by atoms with Crippen LogP contribution in [0, 0.1) is 25.2 Å². The maximum atomic E-state index is 12.8. The number of nitriles is 1. The Bertz CT molecular complexity index is 879. The van der Waals surface area contributed by atoms with Gasteiger partial charge in [-0.15, -0.1) is 0 Å². The molecule has 2 aromatic rings. The first-order valence-corrected chi connectivity index (χ1v) is 8.66. The minimum Gasteiger partial charge on any atom is -0.466 e. The molecule has 0 bridgehead atoms. The van der Waals surface area contributed by atoms with Gasteiger partial charge < -0.3 is 14.2 Å². The zero-order valence-electron chi connectivity index (χ0n) is 15.0. The zero-order valence-corrected chi connectivity index (χ0v) is 15.0. The lowest BCUT2D eigenvalue weighted by Gasteiger charge is -2.22. The Labute approximate surface area is 152 Å².